The summed E-state index contributed by atoms with van der Waals surface area (Å²) in [5.41, 5.74) is -1.71. The van der Waals surface area contributed by atoms with Crippen LogP contribution in [0.25, 0.3) is 0 Å². The lowest BCUT2D eigenvalue weighted by Crippen LogP contribution is -2.58. The normalized spacial score (nSPS) is 21.5. The molecule has 0 radical (unpaired) electrons. The number of carboxylic acid groups (broad SMARTS) is 1. The molecule has 1 amide bonds. The molecule has 0 spiro atoms. The second-order valence-corrected chi connectivity index (χ2v) is 9.37. The third kappa shape index (κ3) is 3.91. The van der Waals surface area contributed by atoms with E-state index in [0.717, 1.165) is 18.2 Å². The van der Waals surface area contributed by atoms with E-state index < -0.39 is 44.5 Å². The summed E-state index contributed by atoms with van der Waals surface area (Å²) in [4.78, 5) is 12.2. The minimum Gasteiger partial charge on any atom is -0.465 e. The number of hydrogen-bond donors (Lipinski definition) is 1. The number of halogens is 3. The van der Waals surface area contributed by atoms with Crippen molar-refractivity contribution in [2.75, 3.05) is 0 Å². The molecule has 1 aromatic carbocycles. The lowest BCUT2D eigenvalue weighted by atomic mass is 9.87. The molecule has 1 aromatic rings. The van der Waals surface area contributed by atoms with Crippen molar-refractivity contribution >= 4 is 15.9 Å². The van der Waals surface area contributed by atoms with Gasteiger partial charge in [-0.15, -0.1) is 0 Å². The van der Waals surface area contributed by atoms with Crippen molar-refractivity contribution in [3.05, 3.63) is 29.8 Å². The number of benzene rings is 1. The maximum absolute atomic E-state index is 12.8. The smallest absolute Gasteiger partial charge is 0.416 e. The molecular formula is C16H20F3NO4S. The van der Waals surface area contributed by atoms with Crippen LogP contribution in [0.3, 0.4) is 0 Å². The molecule has 1 fully saturated rings. The first-order chi connectivity index (χ1) is 11.2. The van der Waals surface area contributed by atoms with E-state index in [1.807, 2.05) is 0 Å². The summed E-state index contributed by atoms with van der Waals surface area (Å²) in [5.74, 6) is 0. The number of hydrogen-bond acceptors (Lipinski definition) is 3. The quantitative estimate of drug-likeness (QED) is 0.867. The van der Waals surface area contributed by atoms with Crippen molar-refractivity contribution in [3.8, 4) is 0 Å². The topological polar surface area (TPSA) is 74.7 Å². The maximum Gasteiger partial charge on any atom is 0.416 e. The lowest BCUT2D eigenvalue weighted by molar-refractivity contribution is -0.137. The summed E-state index contributed by atoms with van der Waals surface area (Å²) >= 11 is 0. The molecule has 0 atom stereocenters. The molecule has 140 valence electrons. The van der Waals surface area contributed by atoms with E-state index in [1.54, 1.807) is 20.8 Å². The first-order valence-electron chi connectivity index (χ1n) is 7.68. The Hall–Kier alpha value is -1.77. The zero-order chi connectivity index (χ0) is 19.2. The fraction of sp³-hybridized carbons (Fsp3) is 0.562. The molecule has 1 N–H and O–H groups in total. The Balaban J connectivity index is 2.20. The van der Waals surface area contributed by atoms with Crippen molar-refractivity contribution in [1.82, 2.24) is 4.90 Å². The van der Waals surface area contributed by atoms with Gasteiger partial charge in [-0.1, -0.05) is 6.07 Å². The first kappa shape index (κ1) is 19.6. The van der Waals surface area contributed by atoms with Gasteiger partial charge in [-0.3, -0.25) is 0 Å². The monoisotopic (exact) mass is 379 g/mol. The van der Waals surface area contributed by atoms with Gasteiger partial charge in [0.25, 0.3) is 0 Å². The van der Waals surface area contributed by atoms with Crippen molar-refractivity contribution in [2.45, 2.75) is 61.5 Å². The van der Waals surface area contributed by atoms with Crippen molar-refractivity contribution in [2.24, 2.45) is 0 Å². The van der Waals surface area contributed by atoms with Gasteiger partial charge >= 0.3 is 12.3 Å². The zero-order valence-electron chi connectivity index (χ0n) is 14.0. The number of sulfone groups is 1. The molecule has 2 rings (SSSR count). The molecule has 0 heterocycles. The Labute approximate surface area is 144 Å². The SMILES string of the molecule is CC(C)(C)N(C(=O)O)C1CC(S(=O)(=O)c2cccc(C(F)(F)F)c2)C1. The first-order valence-corrected chi connectivity index (χ1v) is 9.22. The molecule has 0 aromatic heterocycles. The van der Waals surface area contributed by atoms with Crippen molar-refractivity contribution < 1.29 is 31.5 Å². The van der Waals surface area contributed by atoms with Crippen LogP contribution >= 0.6 is 0 Å². The van der Waals surface area contributed by atoms with Gasteiger partial charge in [0, 0.05) is 11.6 Å². The van der Waals surface area contributed by atoms with Gasteiger partial charge in [-0.2, -0.15) is 13.2 Å². The van der Waals surface area contributed by atoms with Gasteiger partial charge in [0.15, 0.2) is 9.84 Å². The number of alkyl halides is 3. The maximum atomic E-state index is 12.8. The average molecular weight is 379 g/mol. The highest BCUT2D eigenvalue weighted by atomic mass is 32.2. The van der Waals surface area contributed by atoms with Crippen LogP contribution in [0.5, 0.6) is 0 Å². The second kappa shape index (κ2) is 6.19. The second-order valence-electron chi connectivity index (χ2n) is 7.14. The van der Waals surface area contributed by atoms with E-state index in [4.69, 9.17) is 0 Å². The van der Waals surface area contributed by atoms with Gasteiger partial charge < -0.3 is 10.0 Å². The summed E-state index contributed by atoms with van der Waals surface area (Å²) in [7, 11) is -3.94. The fourth-order valence-electron chi connectivity index (χ4n) is 3.03. The molecule has 0 bridgehead atoms. The van der Waals surface area contributed by atoms with Crippen molar-refractivity contribution in [1.29, 1.82) is 0 Å². The molecule has 0 aliphatic heterocycles. The van der Waals surface area contributed by atoms with Gasteiger partial charge in [0.2, 0.25) is 0 Å². The number of amides is 1. The van der Waals surface area contributed by atoms with E-state index in [-0.39, 0.29) is 17.7 Å². The average Bonchev–Trinajstić information content (AvgIpc) is 2.39. The third-order valence-electron chi connectivity index (χ3n) is 4.29. The van der Waals surface area contributed by atoms with Gasteiger partial charge in [0.05, 0.1) is 15.7 Å². The van der Waals surface area contributed by atoms with Crippen LogP contribution in [-0.2, 0) is 16.0 Å². The Kier molecular flexibility index (Phi) is 4.84. The van der Waals surface area contributed by atoms with E-state index in [2.05, 4.69) is 0 Å². The number of nitrogens with zero attached hydrogens (tertiary/aromatic N) is 1. The van der Waals surface area contributed by atoms with E-state index >= 15 is 0 Å². The number of carbonyl (C=O) groups is 1. The third-order valence-corrected chi connectivity index (χ3v) is 6.47. The Morgan fingerprint density at radius 2 is 1.76 bits per heavy atom. The minimum absolute atomic E-state index is 0.0716. The summed E-state index contributed by atoms with van der Waals surface area (Å²) in [5, 5.41) is 8.44. The van der Waals surface area contributed by atoms with Crippen molar-refractivity contribution in [3.63, 3.8) is 0 Å². The van der Waals surface area contributed by atoms with Crippen LogP contribution < -0.4 is 0 Å². The molecule has 0 saturated heterocycles. The molecule has 1 saturated carbocycles. The number of rotatable bonds is 3. The molecule has 9 heteroatoms. The Morgan fingerprint density at radius 1 is 1.20 bits per heavy atom. The van der Waals surface area contributed by atoms with Crippen LogP contribution in [-0.4, -0.2) is 41.3 Å². The van der Waals surface area contributed by atoms with Gasteiger partial charge in [-0.05, 0) is 51.8 Å². The zero-order valence-corrected chi connectivity index (χ0v) is 14.9. The Bertz CT molecular complexity index is 762. The van der Waals surface area contributed by atoms with Crippen LogP contribution in [0, 0.1) is 0 Å². The summed E-state index contributed by atoms with van der Waals surface area (Å²) < 4.78 is 63.4. The minimum atomic E-state index is -4.62. The predicted molar refractivity (Wildman–Crippen MR) is 85.1 cm³/mol. The summed E-state index contributed by atoms with van der Waals surface area (Å²) in [6.45, 7) is 5.11. The molecule has 1 aliphatic rings. The molecular weight excluding hydrogens is 359 g/mol. The van der Waals surface area contributed by atoms with E-state index in [0.29, 0.717) is 6.07 Å². The molecule has 0 unspecified atom stereocenters. The summed E-state index contributed by atoms with van der Waals surface area (Å²) in [6.07, 6.45) is -5.63. The highest BCUT2D eigenvalue weighted by Crippen LogP contribution is 2.38. The Morgan fingerprint density at radius 3 is 2.20 bits per heavy atom. The van der Waals surface area contributed by atoms with Crippen LogP contribution in [0.15, 0.2) is 29.2 Å². The van der Waals surface area contributed by atoms with Crippen LogP contribution in [0.1, 0.15) is 39.2 Å². The molecule has 25 heavy (non-hydrogen) atoms. The predicted octanol–water partition coefficient (Wildman–Crippen LogP) is 3.79. The highest BCUT2D eigenvalue weighted by Gasteiger charge is 2.46. The highest BCUT2D eigenvalue weighted by molar-refractivity contribution is 7.92. The van der Waals surface area contributed by atoms with E-state index in [9.17, 15) is 31.5 Å². The molecule has 1 aliphatic carbocycles. The largest absolute Gasteiger partial charge is 0.465 e. The van der Waals surface area contributed by atoms with Crippen LogP contribution in [0.4, 0.5) is 18.0 Å². The lowest BCUT2D eigenvalue weighted by Gasteiger charge is -2.47. The van der Waals surface area contributed by atoms with Crippen LogP contribution in [0.2, 0.25) is 0 Å². The molecule has 5 nitrogen and oxygen atoms in total. The summed E-state index contributed by atoms with van der Waals surface area (Å²) in [6, 6.07) is 3.17. The van der Waals surface area contributed by atoms with E-state index in [1.165, 1.54) is 4.90 Å². The van der Waals surface area contributed by atoms with Gasteiger partial charge in [-0.25, -0.2) is 13.2 Å². The standard InChI is InChI=1S/C16H20F3NO4S/c1-15(2,3)20(14(21)22)11-8-13(9-11)25(23,24)12-6-4-5-10(7-12)16(17,18)19/h4-7,11,13H,8-9H2,1-3H3,(H,21,22). The van der Waals surface area contributed by atoms with Gasteiger partial charge in [0.1, 0.15) is 0 Å². The fourth-order valence-corrected chi connectivity index (χ4v) is 4.93.